The molecule has 3 N–H and O–H groups in total. The van der Waals surface area contributed by atoms with Crippen molar-refractivity contribution in [3.63, 3.8) is 0 Å². The van der Waals surface area contributed by atoms with Gasteiger partial charge in [-0.15, -0.1) is 11.3 Å². The van der Waals surface area contributed by atoms with Gasteiger partial charge in [0, 0.05) is 11.6 Å². The van der Waals surface area contributed by atoms with Gasteiger partial charge in [-0.05, 0) is 23.8 Å². The second-order valence-electron chi connectivity index (χ2n) is 5.37. The van der Waals surface area contributed by atoms with Crippen molar-refractivity contribution in [2.75, 3.05) is 16.6 Å². The Bertz CT molecular complexity index is 964. The van der Waals surface area contributed by atoms with Crippen molar-refractivity contribution < 1.29 is 13.5 Å². The molecular formula is C17H16ClN3O3S2. The summed E-state index contributed by atoms with van der Waals surface area (Å²) in [5, 5.41) is 15.0. The predicted octanol–water partition coefficient (Wildman–Crippen LogP) is 3.74. The maximum absolute atomic E-state index is 12.4. The molecule has 0 aliphatic heterocycles. The van der Waals surface area contributed by atoms with Crippen molar-refractivity contribution >= 4 is 43.8 Å². The van der Waals surface area contributed by atoms with Gasteiger partial charge in [-0.1, -0.05) is 41.9 Å². The molecule has 0 aliphatic carbocycles. The highest BCUT2D eigenvalue weighted by Crippen LogP contribution is 2.29. The van der Waals surface area contributed by atoms with Gasteiger partial charge in [-0.2, -0.15) is 0 Å². The number of rotatable bonds is 7. The van der Waals surface area contributed by atoms with Crippen LogP contribution in [0, 0.1) is 0 Å². The first-order chi connectivity index (χ1) is 12.5. The van der Waals surface area contributed by atoms with E-state index in [9.17, 15) is 13.5 Å². The number of sulfonamides is 1. The minimum atomic E-state index is -3.77. The highest BCUT2D eigenvalue weighted by atomic mass is 35.5. The average molecular weight is 410 g/mol. The predicted molar refractivity (Wildman–Crippen MR) is 104 cm³/mol. The molecule has 0 unspecified atom stereocenters. The number of nitrogens with zero attached hydrogens (tertiary/aromatic N) is 1. The van der Waals surface area contributed by atoms with Crippen molar-refractivity contribution in [3.8, 4) is 0 Å². The normalized spacial score (nSPS) is 12.5. The molecule has 0 spiro atoms. The van der Waals surface area contributed by atoms with E-state index in [4.69, 9.17) is 11.6 Å². The van der Waals surface area contributed by atoms with Crippen LogP contribution in [0.25, 0.3) is 0 Å². The second-order valence-corrected chi connectivity index (χ2v) is 8.36. The summed E-state index contributed by atoms with van der Waals surface area (Å²) in [7, 11) is -3.77. The molecule has 0 saturated heterocycles. The van der Waals surface area contributed by atoms with Crippen molar-refractivity contribution in [1.29, 1.82) is 0 Å². The number of thiazole rings is 1. The number of hydrogen-bond acceptors (Lipinski definition) is 6. The van der Waals surface area contributed by atoms with Gasteiger partial charge < -0.3 is 10.4 Å². The van der Waals surface area contributed by atoms with Crippen LogP contribution in [0.2, 0.25) is 5.02 Å². The minimum Gasteiger partial charge on any atom is -0.394 e. The lowest BCUT2D eigenvalue weighted by atomic mass is 10.1. The maximum atomic E-state index is 12.4. The molecule has 0 aliphatic rings. The Kier molecular flexibility index (Phi) is 5.77. The van der Waals surface area contributed by atoms with Gasteiger partial charge in [0.2, 0.25) is 0 Å². The molecule has 136 valence electrons. The fraction of sp³-hybridized carbons (Fsp3) is 0.118. The molecule has 0 radical (unpaired) electrons. The Morgan fingerprint density at radius 1 is 1.19 bits per heavy atom. The van der Waals surface area contributed by atoms with E-state index in [1.165, 1.54) is 29.7 Å². The van der Waals surface area contributed by atoms with E-state index < -0.39 is 10.0 Å². The summed E-state index contributed by atoms with van der Waals surface area (Å²) in [6.07, 6.45) is 1.52. The Morgan fingerprint density at radius 2 is 1.96 bits per heavy atom. The van der Waals surface area contributed by atoms with Gasteiger partial charge in [-0.25, -0.2) is 13.4 Å². The molecule has 2 aromatic carbocycles. The zero-order valence-electron chi connectivity index (χ0n) is 13.5. The summed E-state index contributed by atoms with van der Waals surface area (Å²) in [6, 6.07) is 13.4. The summed E-state index contributed by atoms with van der Waals surface area (Å²) >= 11 is 7.44. The smallest absolute Gasteiger partial charge is 0.263 e. The average Bonchev–Trinajstić information content (AvgIpc) is 3.13. The Hall–Kier alpha value is -2.13. The summed E-state index contributed by atoms with van der Waals surface area (Å²) in [5.74, 6) is 0. The van der Waals surface area contributed by atoms with Gasteiger partial charge in [0.15, 0.2) is 5.13 Å². The van der Waals surface area contributed by atoms with Gasteiger partial charge in [0.05, 0.1) is 28.3 Å². The molecule has 0 amide bonds. The van der Waals surface area contributed by atoms with Crippen LogP contribution in [0.5, 0.6) is 0 Å². The lowest BCUT2D eigenvalue weighted by Gasteiger charge is -2.19. The second kappa shape index (κ2) is 8.05. The van der Waals surface area contributed by atoms with Crippen LogP contribution in [0.3, 0.4) is 0 Å². The van der Waals surface area contributed by atoms with E-state index in [0.717, 1.165) is 5.56 Å². The SMILES string of the molecule is O=S(=O)(Nc1nccs1)c1ccc(N[C@@H](CO)c2ccccc2)c(Cl)c1. The molecule has 1 aromatic heterocycles. The lowest BCUT2D eigenvalue weighted by molar-refractivity contribution is 0.276. The third kappa shape index (κ3) is 4.34. The van der Waals surface area contributed by atoms with Crippen molar-refractivity contribution in [2.45, 2.75) is 10.9 Å². The quantitative estimate of drug-likeness (QED) is 0.552. The fourth-order valence-corrected chi connectivity index (χ4v) is 4.45. The minimum absolute atomic E-state index is 0.0310. The highest BCUT2D eigenvalue weighted by molar-refractivity contribution is 7.93. The van der Waals surface area contributed by atoms with Crippen LogP contribution in [-0.4, -0.2) is 25.1 Å². The number of aromatic nitrogens is 1. The highest BCUT2D eigenvalue weighted by Gasteiger charge is 2.18. The maximum Gasteiger partial charge on any atom is 0.263 e. The first kappa shape index (κ1) is 18.7. The van der Waals surface area contributed by atoms with Crippen LogP contribution in [-0.2, 0) is 10.0 Å². The van der Waals surface area contributed by atoms with Gasteiger partial charge in [0.1, 0.15) is 0 Å². The number of benzene rings is 2. The number of anilines is 2. The van der Waals surface area contributed by atoms with E-state index >= 15 is 0 Å². The third-order valence-corrected chi connectivity index (χ3v) is 6.09. The van der Waals surface area contributed by atoms with E-state index in [1.807, 2.05) is 30.3 Å². The molecule has 0 fully saturated rings. The van der Waals surface area contributed by atoms with Crippen LogP contribution < -0.4 is 10.0 Å². The first-order valence-corrected chi connectivity index (χ1v) is 10.4. The van der Waals surface area contributed by atoms with Crippen LogP contribution in [0.15, 0.2) is 65.0 Å². The summed E-state index contributed by atoms with van der Waals surface area (Å²) in [6.45, 7) is -0.133. The van der Waals surface area contributed by atoms with E-state index in [1.54, 1.807) is 11.4 Å². The molecule has 1 heterocycles. The lowest BCUT2D eigenvalue weighted by Crippen LogP contribution is -2.16. The van der Waals surface area contributed by atoms with E-state index in [-0.39, 0.29) is 27.7 Å². The van der Waals surface area contributed by atoms with Crippen LogP contribution in [0.1, 0.15) is 11.6 Å². The number of nitrogens with one attached hydrogen (secondary N) is 2. The Labute approximate surface area is 160 Å². The molecule has 0 saturated carbocycles. The molecule has 9 heteroatoms. The fourth-order valence-electron chi connectivity index (χ4n) is 2.34. The largest absolute Gasteiger partial charge is 0.394 e. The molecular weight excluding hydrogens is 394 g/mol. The zero-order chi connectivity index (χ0) is 18.6. The van der Waals surface area contributed by atoms with Crippen LogP contribution >= 0.6 is 22.9 Å². The zero-order valence-corrected chi connectivity index (χ0v) is 15.9. The summed E-state index contributed by atoms with van der Waals surface area (Å²) in [5.41, 5.74) is 1.43. The number of hydrogen-bond donors (Lipinski definition) is 3. The number of aliphatic hydroxyl groups is 1. The topological polar surface area (TPSA) is 91.3 Å². The Morgan fingerprint density at radius 3 is 2.58 bits per heavy atom. The van der Waals surface area contributed by atoms with E-state index in [0.29, 0.717) is 5.69 Å². The first-order valence-electron chi connectivity index (χ1n) is 7.64. The molecule has 1 atom stereocenters. The van der Waals surface area contributed by atoms with Gasteiger partial charge in [0.25, 0.3) is 10.0 Å². The number of halogens is 1. The number of aliphatic hydroxyl groups excluding tert-OH is 1. The Balaban J connectivity index is 1.81. The molecule has 3 rings (SSSR count). The molecule has 3 aromatic rings. The summed E-state index contributed by atoms with van der Waals surface area (Å²) in [4.78, 5) is 3.94. The molecule has 6 nitrogen and oxygen atoms in total. The molecule has 26 heavy (non-hydrogen) atoms. The van der Waals surface area contributed by atoms with Gasteiger partial charge in [-0.3, -0.25) is 4.72 Å². The summed E-state index contributed by atoms with van der Waals surface area (Å²) < 4.78 is 27.2. The van der Waals surface area contributed by atoms with Crippen LogP contribution in [0.4, 0.5) is 10.8 Å². The van der Waals surface area contributed by atoms with E-state index in [2.05, 4.69) is 15.0 Å². The standard InChI is InChI=1S/C17H16ClN3O3S2/c18-14-10-13(26(23,24)21-17-19-8-9-25-17)6-7-15(14)20-16(11-22)12-4-2-1-3-5-12/h1-10,16,20,22H,11H2,(H,19,21)/t16-/m0/s1. The third-order valence-electron chi connectivity index (χ3n) is 3.62. The molecule has 0 bridgehead atoms. The van der Waals surface area contributed by atoms with Crippen molar-refractivity contribution in [3.05, 3.63) is 70.7 Å². The van der Waals surface area contributed by atoms with Crippen molar-refractivity contribution in [1.82, 2.24) is 4.98 Å². The monoisotopic (exact) mass is 409 g/mol. The van der Waals surface area contributed by atoms with Gasteiger partial charge >= 0.3 is 0 Å². The van der Waals surface area contributed by atoms with Crippen molar-refractivity contribution in [2.24, 2.45) is 0 Å².